The molecule has 0 aliphatic rings. The fourth-order valence-corrected chi connectivity index (χ4v) is 1.34. The Morgan fingerprint density at radius 2 is 2.31 bits per heavy atom. The van der Waals surface area contributed by atoms with Gasteiger partial charge in [0.1, 0.15) is 5.75 Å². The summed E-state index contributed by atoms with van der Waals surface area (Å²) in [5, 5.41) is 9.12. The molecule has 68 valence electrons. The van der Waals surface area contributed by atoms with Crippen molar-refractivity contribution < 1.29 is 4.74 Å². The second kappa shape index (κ2) is 4.13. The van der Waals surface area contributed by atoms with Crippen LogP contribution < -0.4 is 10.5 Å². The summed E-state index contributed by atoms with van der Waals surface area (Å²) in [6.07, 6.45) is 0. The average Bonchev–Trinajstić information content (AvgIpc) is 2.16. The lowest BCUT2D eigenvalue weighted by molar-refractivity contribution is 0.410. The van der Waals surface area contributed by atoms with Crippen molar-refractivity contribution in [2.24, 2.45) is 5.73 Å². The minimum Gasteiger partial charge on any atom is -0.496 e. The second-order valence-corrected chi connectivity index (χ2v) is 2.86. The molecule has 0 saturated carbocycles. The van der Waals surface area contributed by atoms with Crippen molar-refractivity contribution in [3.05, 3.63) is 28.3 Å². The van der Waals surface area contributed by atoms with Crippen LogP contribution in [0, 0.1) is 11.3 Å². The van der Waals surface area contributed by atoms with Gasteiger partial charge in [0.25, 0.3) is 0 Å². The lowest BCUT2D eigenvalue weighted by atomic mass is 10.1. The molecule has 0 bridgehead atoms. The molecule has 0 unspecified atom stereocenters. The third-order valence-corrected chi connectivity index (χ3v) is 2.04. The van der Waals surface area contributed by atoms with E-state index < -0.39 is 0 Å². The van der Waals surface area contributed by atoms with Crippen molar-refractivity contribution >= 4 is 11.6 Å². The Bertz CT molecular complexity index is 357. The van der Waals surface area contributed by atoms with Gasteiger partial charge in [0, 0.05) is 12.1 Å². The number of methoxy groups -OCH3 is 1. The van der Waals surface area contributed by atoms with Crippen LogP contribution in [0.1, 0.15) is 11.1 Å². The molecule has 4 heteroatoms. The van der Waals surface area contributed by atoms with Gasteiger partial charge in [-0.15, -0.1) is 0 Å². The van der Waals surface area contributed by atoms with Gasteiger partial charge in [-0.3, -0.25) is 0 Å². The maximum Gasteiger partial charge on any atom is 0.126 e. The fraction of sp³-hybridized carbons (Fsp3) is 0.222. The van der Waals surface area contributed by atoms with Gasteiger partial charge in [0.05, 0.1) is 23.8 Å². The summed E-state index contributed by atoms with van der Waals surface area (Å²) < 4.78 is 5.04. The van der Waals surface area contributed by atoms with Gasteiger partial charge in [-0.2, -0.15) is 5.26 Å². The SMILES string of the molecule is COc1cc(C#N)cc(Cl)c1CN. The molecule has 0 aromatic heterocycles. The molecule has 0 fully saturated rings. The Balaban J connectivity index is 3.31. The van der Waals surface area contributed by atoms with E-state index in [2.05, 4.69) is 0 Å². The summed E-state index contributed by atoms with van der Waals surface area (Å²) in [5.74, 6) is 0.562. The Morgan fingerprint density at radius 1 is 1.62 bits per heavy atom. The van der Waals surface area contributed by atoms with Crippen molar-refractivity contribution in [1.29, 1.82) is 5.26 Å². The van der Waals surface area contributed by atoms with E-state index >= 15 is 0 Å². The predicted molar refractivity (Wildman–Crippen MR) is 50.6 cm³/mol. The first-order valence-corrected chi connectivity index (χ1v) is 4.07. The first-order valence-electron chi connectivity index (χ1n) is 3.69. The predicted octanol–water partition coefficient (Wildman–Crippen LogP) is 1.68. The van der Waals surface area contributed by atoms with E-state index in [4.69, 9.17) is 27.3 Å². The molecule has 0 aliphatic heterocycles. The van der Waals surface area contributed by atoms with Crippen molar-refractivity contribution in [2.45, 2.75) is 6.54 Å². The maximum absolute atomic E-state index is 8.65. The van der Waals surface area contributed by atoms with E-state index in [-0.39, 0.29) is 0 Å². The van der Waals surface area contributed by atoms with Gasteiger partial charge in [-0.05, 0) is 12.1 Å². The number of halogens is 1. The zero-order valence-electron chi connectivity index (χ0n) is 7.17. The molecule has 0 radical (unpaired) electrons. The monoisotopic (exact) mass is 196 g/mol. The van der Waals surface area contributed by atoms with Crippen LogP contribution in [0.5, 0.6) is 5.75 Å². The minimum absolute atomic E-state index is 0.299. The summed E-state index contributed by atoms with van der Waals surface area (Å²) in [5.41, 5.74) is 6.67. The fourth-order valence-electron chi connectivity index (χ4n) is 1.06. The van der Waals surface area contributed by atoms with E-state index in [9.17, 15) is 0 Å². The minimum atomic E-state index is 0.299. The molecule has 1 aromatic carbocycles. The van der Waals surface area contributed by atoms with Gasteiger partial charge in [-0.1, -0.05) is 11.6 Å². The number of hydrogen-bond donors (Lipinski definition) is 1. The number of ether oxygens (including phenoxy) is 1. The number of nitriles is 1. The van der Waals surface area contributed by atoms with Crippen molar-refractivity contribution in [3.8, 4) is 11.8 Å². The van der Waals surface area contributed by atoms with Crippen LogP contribution in [-0.4, -0.2) is 7.11 Å². The first kappa shape index (κ1) is 9.85. The summed E-state index contributed by atoms with van der Waals surface area (Å²) in [6.45, 7) is 0.299. The summed E-state index contributed by atoms with van der Waals surface area (Å²) in [4.78, 5) is 0. The molecule has 1 aromatic rings. The summed E-state index contributed by atoms with van der Waals surface area (Å²) >= 11 is 5.88. The highest BCUT2D eigenvalue weighted by Gasteiger charge is 2.08. The molecule has 2 N–H and O–H groups in total. The maximum atomic E-state index is 8.65. The van der Waals surface area contributed by atoms with Crippen molar-refractivity contribution in [3.63, 3.8) is 0 Å². The average molecular weight is 197 g/mol. The third-order valence-electron chi connectivity index (χ3n) is 1.71. The molecular weight excluding hydrogens is 188 g/mol. The van der Waals surface area contributed by atoms with E-state index in [0.29, 0.717) is 22.9 Å². The zero-order chi connectivity index (χ0) is 9.84. The highest BCUT2D eigenvalue weighted by molar-refractivity contribution is 6.31. The van der Waals surface area contributed by atoms with Crippen LogP contribution in [-0.2, 0) is 6.54 Å². The number of nitrogens with two attached hydrogens (primary N) is 1. The lowest BCUT2D eigenvalue weighted by Crippen LogP contribution is -2.01. The van der Waals surface area contributed by atoms with E-state index in [0.717, 1.165) is 5.56 Å². The molecule has 0 saturated heterocycles. The Labute approximate surface area is 81.7 Å². The van der Waals surface area contributed by atoms with Gasteiger partial charge in [-0.25, -0.2) is 0 Å². The highest BCUT2D eigenvalue weighted by atomic mass is 35.5. The number of hydrogen-bond acceptors (Lipinski definition) is 3. The Kier molecular flexibility index (Phi) is 3.13. The van der Waals surface area contributed by atoms with E-state index in [1.54, 1.807) is 12.1 Å². The molecule has 1 rings (SSSR count). The van der Waals surface area contributed by atoms with Gasteiger partial charge in [0.15, 0.2) is 0 Å². The van der Waals surface area contributed by atoms with Crippen LogP contribution in [0.15, 0.2) is 12.1 Å². The molecule has 13 heavy (non-hydrogen) atoms. The standard InChI is InChI=1S/C9H9ClN2O/c1-13-9-3-6(4-11)2-8(10)7(9)5-12/h2-3H,5,12H2,1H3. The highest BCUT2D eigenvalue weighted by Crippen LogP contribution is 2.27. The van der Waals surface area contributed by atoms with Gasteiger partial charge >= 0.3 is 0 Å². The topological polar surface area (TPSA) is 59.0 Å². The molecule has 0 atom stereocenters. The number of benzene rings is 1. The zero-order valence-corrected chi connectivity index (χ0v) is 7.93. The Morgan fingerprint density at radius 3 is 2.77 bits per heavy atom. The molecule has 0 aliphatic carbocycles. The van der Waals surface area contributed by atoms with Crippen molar-refractivity contribution in [2.75, 3.05) is 7.11 Å². The molecule has 0 amide bonds. The van der Waals surface area contributed by atoms with E-state index in [1.165, 1.54) is 7.11 Å². The lowest BCUT2D eigenvalue weighted by Gasteiger charge is -2.08. The van der Waals surface area contributed by atoms with Crippen LogP contribution in [0.2, 0.25) is 5.02 Å². The smallest absolute Gasteiger partial charge is 0.126 e. The van der Waals surface area contributed by atoms with Crippen LogP contribution >= 0.6 is 11.6 Å². The van der Waals surface area contributed by atoms with Crippen LogP contribution in [0.25, 0.3) is 0 Å². The quantitative estimate of drug-likeness (QED) is 0.783. The second-order valence-electron chi connectivity index (χ2n) is 2.45. The van der Waals surface area contributed by atoms with Crippen LogP contribution in [0.3, 0.4) is 0 Å². The van der Waals surface area contributed by atoms with E-state index in [1.807, 2.05) is 6.07 Å². The Hall–Kier alpha value is -1.24. The van der Waals surface area contributed by atoms with Gasteiger partial charge < -0.3 is 10.5 Å². The molecule has 0 heterocycles. The molecule has 0 spiro atoms. The summed E-state index contributed by atoms with van der Waals surface area (Å²) in [7, 11) is 1.52. The third kappa shape index (κ3) is 1.92. The molecular formula is C9H9ClN2O. The van der Waals surface area contributed by atoms with Crippen molar-refractivity contribution in [1.82, 2.24) is 0 Å². The first-order chi connectivity index (χ1) is 6.22. The largest absolute Gasteiger partial charge is 0.496 e. The number of rotatable bonds is 2. The normalized spacial score (nSPS) is 9.38. The van der Waals surface area contributed by atoms with Crippen LogP contribution in [0.4, 0.5) is 0 Å². The number of nitrogens with zero attached hydrogens (tertiary/aromatic N) is 1. The summed E-state index contributed by atoms with van der Waals surface area (Å²) in [6, 6.07) is 5.18. The van der Waals surface area contributed by atoms with Gasteiger partial charge in [0.2, 0.25) is 0 Å². The molecule has 3 nitrogen and oxygen atoms in total.